The van der Waals surface area contributed by atoms with Gasteiger partial charge in [-0.3, -0.25) is 4.79 Å². The van der Waals surface area contributed by atoms with Gasteiger partial charge in [-0.1, -0.05) is 6.42 Å². The zero-order valence-corrected chi connectivity index (χ0v) is 10.5. The normalized spacial score (nSPS) is 9.56. The van der Waals surface area contributed by atoms with Gasteiger partial charge in [0, 0.05) is 19.2 Å². The Morgan fingerprint density at radius 3 is 3.06 bits per heavy atom. The third-order valence-electron chi connectivity index (χ3n) is 2.51. The monoisotopic (exact) mass is 247 g/mol. The van der Waals surface area contributed by atoms with Crippen LogP contribution in [0, 0.1) is 11.3 Å². The number of hydrogen-bond acceptors (Lipinski definition) is 5. The van der Waals surface area contributed by atoms with Crippen LogP contribution in [0.2, 0.25) is 0 Å². The number of pyridine rings is 1. The molecule has 0 atom stereocenters. The first-order chi connectivity index (χ1) is 8.77. The minimum Gasteiger partial charge on any atom is -0.469 e. The van der Waals surface area contributed by atoms with Gasteiger partial charge in [0.25, 0.3) is 0 Å². The lowest BCUT2D eigenvalue weighted by molar-refractivity contribution is -0.140. The Morgan fingerprint density at radius 1 is 1.50 bits per heavy atom. The van der Waals surface area contributed by atoms with E-state index in [1.165, 1.54) is 7.11 Å². The number of nitrogens with zero attached hydrogens (tertiary/aromatic N) is 2. The maximum absolute atomic E-state index is 10.9. The molecule has 1 rings (SSSR count). The van der Waals surface area contributed by atoms with Crippen LogP contribution in [0.25, 0.3) is 0 Å². The van der Waals surface area contributed by atoms with Crippen LogP contribution in [-0.4, -0.2) is 24.6 Å². The summed E-state index contributed by atoms with van der Waals surface area (Å²) in [5.74, 6) is 0.451. The maximum Gasteiger partial charge on any atom is 0.305 e. The Morgan fingerprint density at radius 2 is 2.33 bits per heavy atom. The number of nitriles is 1. The van der Waals surface area contributed by atoms with Crippen LogP contribution >= 0.6 is 0 Å². The molecule has 0 aliphatic heterocycles. The molecule has 0 radical (unpaired) electrons. The molecular weight excluding hydrogens is 230 g/mol. The first kappa shape index (κ1) is 14.0. The summed E-state index contributed by atoms with van der Waals surface area (Å²) >= 11 is 0. The minimum absolute atomic E-state index is 0.167. The molecule has 1 aromatic rings. The highest BCUT2D eigenvalue weighted by Gasteiger charge is 2.02. The molecular formula is C13H17N3O2. The third-order valence-corrected chi connectivity index (χ3v) is 2.51. The van der Waals surface area contributed by atoms with Gasteiger partial charge in [-0.25, -0.2) is 4.98 Å². The van der Waals surface area contributed by atoms with Gasteiger partial charge in [0.1, 0.15) is 11.9 Å². The van der Waals surface area contributed by atoms with Gasteiger partial charge in [0.2, 0.25) is 0 Å². The highest BCUT2D eigenvalue weighted by molar-refractivity contribution is 5.68. The molecule has 0 fully saturated rings. The number of hydrogen-bond donors (Lipinski definition) is 1. The van der Waals surface area contributed by atoms with Crippen LogP contribution in [0.3, 0.4) is 0 Å². The lowest BCUT2D eigenvalue weighted by atomic mass is 10.2. The van der Waals surface area contributed by atoms with E-state index in [0.29, 0.717) is 17.8 Å². The lowest BCUT2D eigenvalue weighted by Gasteiger charge is -2.06. The molecule has 1 N–H and O–H groups in total. The molecule has 0 spiro atoms. The largest absolute Gasteiger partial charge is 0.469 e. The summed E-state index contributed by atoms with van der Waals surface area (Å²) in [6.45, 7) is 0.743. The van der Waals surface area contributed by atoms with Gasteiger partial charge in [0.15, 0.2) is 0 Å². The third kappa shape index (κ3) is 4.83. The number of anilines is 1. The topological polar surface area (TPSA) is 75.0 Å². The molecule has 0 bridgehead atoms. The lowest BCUT2D eigenvalue weighted by Crippen LogP contribution is -2.05. The number of aromatic nitrogens is 1. The molecule has 0 aliphatic carbocycles. The van der Waals surface area contributed by atoms with Crippen LogP contribution < -0.4 is 5.32 Å². The molecule has 0 aliphatic rings. The van der Waals surface area contributed by atoms with Crippen molar-refractivity contribution < 1.29 is 9.53 Å². The van der Waals surface area contributed by atoms with Gasteiger partial charge in [-0.2, -0.15) is 5.26 Å². The first-order valence-corrected chi connectivity index (χ1v) is 5.93. The van der Waals surface area contributed by atoms with E-state index in [4.69, 9.17) is 5.26 Å². The second kappa shape index (κ2) is 8.07. The van der Waals surface area contributed by atoms with Crippen molar-refractivity contribution in [3.05, 3.63) is 23.9 Å². The van der Waals surface area contributed by atoms with E-state index in [1.807, 2.05) is 0 Å². The quantitative estimate of drug-likeness (QED) is 0.590. The standard InChI is InChI=1S/C13H17N3O2/c1-18-12(17)7-3-2-4-8-15-13-11(10-14)6-5-9-16-13/h5-6,9H,2-4,7-8H2,1H3,(H,15,16). The average molecular weight is 247 g/mol. The fourth-order valence-corrected chi connectivity index (χ4v) is 1.52. The van der Waals surface area contributed by atoms with Gasteiger partial charge in [-0.05, 0) is 25.0 Å². The fraction of sp³-hybridized carbons (Fsp3) is 0.462. The molecule has 0 amide bonds. The second-order valence-electron chi connectivity index (χ2n) is 3.82. The van der Waals surface area contributed by atoms with Crippen molar-refractivity contribution in [2.75, 3.05) is 19.0 Å². The average Bonchev–Trinajstić information content (AvgIpc) is 2.42. The van der Waals surface area contributed by atoms with Crippen LogP contribution in [0.4, 0.5) is 5.82 Å². The summed E-state index contributed by atoms with van der Waals surface area (Å²) in [4.78, 5) is 15.0. The van der Waals surface area contributed by atoms with Gasteiger partial charge < -0.3 is 10.1 Å². The molecule has 0 saturated heterocycles. The molecule has 1 aromatic heterocycles. The summed E-state index contributed by atoms with van der Waals surface area (Å²) in [7, 11) is 1.40. The number of carbonyl (C=O) groups excluding carboxylic acids is 1. The summed E-state index contributed by atoms with van der Waals surface area (Å²) in [5, 5.41) is 12.0. The van der Waals surface area contributed by atoms with Crippen molar-refractivity contribution in [3.63, 3.8) is 0 Å². The van der Waals surface area contributed by atoms with Gasteiger partial charge >= 0.3 is 5.97 Å². The Bertz CT molecular complexity index is 426. The van der Waals surface area contributed by atoms with Crippen LogP contribution in [0.15, 0.2) is 18.3 Å². The van der Waals surface area contributed by atoms with Crippen molar-refractivity contribution in [2.24, 2.45) is 0 Å². The molecule has 0 unspecified atom stereocenters. The Balaban J connectivity index is 2.18. The van der Waals surface area contributed by atoms with Crippen LogP contribution in [0.1, 0.15) is 31.2 Å². The Kier molecular flexibility index (Phi) is 6.26. The van der Waals surface area contributed by atoms with E-state index >= 15 is 0 Å². The fourth-order valence-electron chi connectivity index (χ4n) is 1.52. The van der Waals surface area contributed by atoms with Gasteiger partial charge in [-0.15, -0.1) is 0 Å². The molecule has 5 heteroatoms. The summed E-state index contributed by atoms with van der Waals surface area (Å²) in [6.07, 6.45) is 4.81. The maximum atomic E-state index is 10.9. The van der Waals surface area contributed by atoms with Crippen LogP contribution in [-0.2, 0) is 9.53 Å². The van der Waals surface area contributed by atoms with Crippen molar-refractivity contribution >= 4 is 11.8 Å². The number of nitrogens with one attached hydrogen (secondary N) is 1. The predicted octanol–water partition coefficient (Wildman–Crippen LogP) is 2.10. The van der Waals surface area contributed by atoms with E-state index in [1.54, 1.807) is 18.3 Å². The first-order valence-electron chi connectivity index (χ1n) is 5.93. The molecule has 96 valence electrons. The Hall–Kier alpha value is -2.09. The number of methoxy groups -OCH3 is 1. The van der Waals surface area contributed by atoms with E-state index in [9.17, 15) is 4.79 Å². The summed E-state index contributed by atoms with van der Waals surface area (Å²) < 4.78 is 4.56. The molecule has 18 heavy (non-hydrogen) atoms. The van der Waals surface area contributed by atoms with E-state index in [-0.39, 0.29) is 5.97 Å². The van der Waals surface area contributed by atoms with E-state index in [0.717, 1.165) is 25.8 Å². The highest BCUT2D eigenvalue weighted by Crippen LogP contribution is 2.10. The van der Waals surface area contributed by atoms with E-state index in [2.05, 4.69) is 21.1 Å². The molecule has 0 saturated carbocycles. The highest BCUT2D eigenvalue weighted by atomic mass is 16.5. The number of ether oxygens (including phenoxy) is 1. The summed E-state index contributed by atoms with van der Waals surface area (Å²) in [6, 6.07) is 5.55. The molecule has 5 nitrogen and oxygen atoms in total. The zero-order chi connectivity index (χ0) is 13.2. The summed E-state index contributed by atoms with van der Waals surface area (Å²) in [5.41, 5.74) is 0.548. The van der Waals surface area contributed by atoms with Crippen molar-refractivity contribution in [1.82, 2.24) is 4.98 Å². The number of carbonyl (C=O) groups is 1. The molecule has 0 aromatic carbocycles. The van der Waals surface area contributed by atoms with Crippen LogP contribution in [0.5, 0.6) is 0 Å². The van der Waals surface area contributed by atoms with Gasteiger partial charge in [0.05, 0.1) is 12.7 Å². The number of esters is 1. The minimum atomic E-state index is -0.167. The number of unbranched alkanes of at least 4 members (excludes halogenated alkanes) is 2. The van der Waals surface area contributed by atoms with Crippen molar-refractivity contribution in [1.29, 1.82) is 5.26 Å². The second-order valence-corrected chi connectivity index (χ2v) is 3.82. The van der Waals surface area contributed by atoms with E-state index < -0.39 is 0 Å². The SMILES string of the molecule is COC(=O)CCCCCNc1ncccc1C#N. The predicted molar refractivity (Wildman–Crippen MR) is 67.9 cm³/mol. The molecule has 1 heterocycles. The van der Waals surface area contributed by atoms with Crippen molar-refractivity contribution in [2.45, 2.75) is 25.7 Å². The Labute approximate surface area is 107 Å². The van der Waals surface area contributed by atoms with Crippen molar-refractivity contribution in [3.8, 4) is 6.07 Å². The smallest absolute Gasteiger partial charge is 0.305 e. The zero-order valence-electron chi connectivity index (χ0n) is 10.5. The number of rotatable bonds is 7.